The molecule has 2 heterocycles. The van der Waals surface area contributed by atoms with Crippen molar-refractivity contribution in [2.45, 2.75) is 18.8 Å². The third-order valence-corrected chi connectivity index (χ3v) is 6.00. The van der Waals surface area contributed by atoms with Gasteiger partial charge in [-0.25, -0.2) is 4.98 Å². The minimum Gasteiger partial charge on any atom is -0.455 e. The van der Waals surface area contributed by atoms with Gasteiger partial charge in [-0.3, -0.25) is 0 Å². The Labute approximate surface area is 161 Å². The van der Waals surface area contributed by atoms with E-state index in [9.17, 15) is 0 Å². The zero-order valence-electron chi connectivity index (χ0n) is 14.5. The Morgan fingerprint density at radius 1 is 1.08 bits per heavy atom. The number of nitrogens with zero attached hydrogens (tertiary/aromatic N) is 1. The zero-order chi connectivity index (χ0) is 18.0. The number of hydrogen-bond donors (Lipinski definition) is 2. The predicted molar refractivity (Wildman–Crippen MR) is 111 cm³/mol. The lowest BCUT2D eigenvalue weighted by atomic mass is 10.2. The first kappa shape index (κ1) is 17.0. The van der Waals surface area contributed by atoms with E-state index in [1.54, 1.807) is 23.1 Å². The molecule has 0 saturated heterocycles. The highest BCUT2D eigenvalue weighted by atomic mass is 32.2. The molecule has 1 unspecified atom stereocenters. The molecule has 0 bridgehead atoms. The first-order valence-corrected chi connectivity index (χ1v) is 10.1. The quantitative estimate of drug-likeness (QED) is 0.597. The third kappa shape index (κ3) is 3.57. The molecule has 3 aromatic rings. The van der Waals surface area contributed by atoms with Crippen LogP contribution in [0.1, 0.15) is 17.5 Å². The summed E-state index contributed by atoms with van der Waals surface area (Å²) < 4.78 is 6.06. The number of benzene rings is 2. The maximum atomic E-state index is 6.06. The van der Waals surface area contributed by atoms with Gasteiger partial charge in [-0.1, -0.05) is 42.1 Å². The van der Waals surface area contributed by atoms with E-state index in [-0.39, 0.29) is 4.99 Å². The number of aromatic nitrogens is 1. The second-order valence-corrected chi connectivity index (χ2v) is 8.25. The lowest BCUT2D eigenvalue weighted by Gasteiger charge is -2.29. The normalized spacial score (nSPS) is 18.9. The first-order valence-electron chi connectivity index (χ1n) is 8.30. The van der Waals surface area contributed by atoms with Crippen LogP contribution < -0.4 is 15.4 Å². The van der Waals surface area contributed by atoms with Crippen LogP contribution in [0.3, 0.4) is 0 Å². The van der Waals surface area contributed by atoms with Crippen LogP contribution in [0.25, 0.3) is 5.70 Å². The molecule has 2 N–H and O–H groups in total. The Morgan fingerprint density at radius 2 is 1.85 bits per heavy atom. The minimum absolute atomic E-state index is 0.359. The molecule has 0 fully saturated rings. The number of aryl methyl sites for hydroxylation is 1. The van der Waals surface area contributed by atoms with Crippen LogP contribution in [-0.4, -0.2) is 9.98 Å². The molecular formula is C20H19N3OS2. The van der Waals surface area contributed by atoms with E-state index in [4.69, 9.17) is 4.74 Å². The molecular weight excluding hydrogens is 362 g/mol. The maximum absolute atomic E-state index is 6.06. The van der Waals surface area contributed by atoms with Crippen LogP contribution in [0.5, 0.6) is 11.5 Å². The van der Waals surface area contributed by atoms with Gasteiger partial charge in [-0.05, 0) is 43.5 Å². The number of hydrogen-bond acceptors (Lipinski definition) is 6. The van der Waals surface area contributed by atoms with E-state index in [0.29, 0.717) is 0 Å². The van der Waals surface area contributed by atoms with Crippen molar-refractivity contribution in [1.82, 2.24) is 10.3 Å². The Bertz CT molecular complexity index is 939. The molecule has 0 spiro atoms. The summed E-state index contributed by atoms with van der Waals surface area (Å²) in [4.78, 5) is 5.16. The van der Waals surface area contributed by atoms with E-state index < -0.39 is 0 Å². The smallest absolute Gasteiger partial charge is 0.158 e. The molecule has 1 aliphatic heterocycles. The number of anilines is 1. The molecule has 0 saturated carbocycles. The molecule has 0 amide bonds. The van der Waals surface area contributed by atoms with Gasteiger partial charge in [0.2, 0.25) is 0 Å². The molecule has 1 atom stereocenters. The van der Waals surface area contributed by atoms with Gasteiger partial charge in [0.25, 0.3) is 0 Å². The summed E-state index contributed by atoms with van der Waals surface area (Å²) in [6.45, 7) is 4.15. The van der Waals surface area contributed by atoms with Crippen molar-refractivity contribution in [3.05, 3.63) is 76.1 Å². The van der Waals surface area contributed by atoms with Gasteiger partial charge in [0.15, 0.2) is 10.7 Å². The van der Waals surface area contributed by atoms with Gasteiger partial charge in [0.05, 0.1) is 27.5 Å². The predicted octanol–water partition coefficient (Wildman–Crippen LogP) is 5.66. The molecule has 26 heavy (non-hydrogen) atoms. The molecule has 4 nitrogen and oxygen atoms in total. The summed E-state index contributed by atoms with van der Waals surface area (Å²) in [5, 5.41) is 9.30. The van der Waals surface area contributed by atoms with Gasteiger partial charge >= 0.3 is 0 Å². The van der Waals surface area contributed by atoms with Crippen molar-refractivity contribution in [3.63, 3.8) is 0 Å². The summed E-state index contributed by atoms with van der Waals surface area (Å²) in [7, 11) is 0. The lowest BCUT2D eigenvalue weighted by molar-refractivity contribution is 0.482. The minimum atomic E-state index is -0.359. The highest BCUT2D eigenvalue weighted by Gasteiger charge is 2.32. The molecule has 132 valence electrons. The molecule has 0 aliphatic carbocycles. The van der Waals surface area contributed by atoms with Gasteiger partial charge in [-0.15, -0.1) is 11.3 Å². The molecule has 1 aromatic heterocycles. The number of nitrogens with one attached hydrogen (secondary N) is 2. The average molecular weight is 382 g/mol. The van der Waals surface area contributed by atoms with Crippen LogP contribution in [0.4, 0.5) is 5.69 Å². The summed E-state index contributed by atoms with van der Waals surface area (Å²) in [6.07, 6.45) is 0. The molecule has 1 aliphatic rings. The highest BCUT2D eigenvalue weighted by molar-refractivity contribution is 8.04. The average Bonchev–Trinajstić information content (AvgIpc) is 3.23. The van der Waals surface area contributed by atoms with E-state index in [0.717, 1.165) is 28.6 Å². The highest BCUT2D eigenvalue weighted by Crippen LogP contribution is 2.40. The Morgan fingerprint density at radius 3 is 2.62 bits per heavy atom. The van der Waals surface area contributed by atoms with Crippen LogP contribution in [0, 0.1) is 6.92 Å². The fraction of sp³-hybridized carbons (Fsp3) is 0.150. The van der Waals surface area contributed by atoms with Gasteiger partial charge in [0.1, 0.15) is 5.75 Å². The molecule has 4 rings (SSSR count). The van der Waals surface area contributed by atoms with E-state index in [2.05, 4.69) is 27.9 Å². The number of ether oxygens (including phenoxy) is 1. The van der Waals surface area contributed by atoms with Crippen LogP contribution in [-0.2, 0) is 0 Å². The fourth-order valence-electron chi connectivity index (χ4n) is 2.76. The van der Waals surface area contributed by atoms with Crippen molar-refractivity contribution in [3.8, 4) is 11.5 Å². The van der Waals surface area contributed by atoms with Crippen molar-refractivity contribution in [2.75, 3.05) is 5.32 Å². The van der Waals surface area contributed by atoms with Crippen LogP contribution in [0.2, 0.25) is 0 Å². The summed E-state index contributed by atoms with van der Waals surface area (Å²) in [6, 6.07) is 17.8. The Balaban J connectivity index is 1.52. The number of thioether (sulfide) groups is 1. The van der Waals surface area contributed by atoms with Gasteiger partial charge in [0, 0.05) is 0 Å². The SMILES string of the molecule is Cc1ncsc1C1=CSC(C)(Nc2ccccc2Oc2ccccc2)N1. The van der Waals surface area contributed by atoms with Gasteiger partial charge in [-0.2, -0.15) is 0 Å². The van der Waals surface area contributed by atoms with Crippen molar-refractivity contribution >= 4 is 34.5 Å². The zero-order valence-corrected chi connectivity index (χ0v) is 16.2. The summed E-state index contributed by atoms with van der Waals surface area (Å²) >= 11 is 3.36. The Hall–Kier alpha value is -2.44. The topological polar surface area (TPSA) is 46.2 Å². The second kappa shape index (κ2) is 7.05. The van der Waals surface area contributed by atoms with E-state index in [1.165, 1.54) is 4.88 Å². The largest absolute Gasteiger partial charge is 0.455 e. The van der Waals surface area contributed by atoms with Crippen molar-refractivity contribution in [1.29, 1.82) is 0 Å². The van der Waals surface area contributed by atoms with Crippen LogP contribution >= 0.6 is 23.1 Å². The van der Waals surface area contributed by atoms with E-state index in [1.807, 2.05) is 67.0 Å². The lowest BCUT2D eigenvalue weighted by Crippen LogP contribution is -2.41. The van der Waals surface area contributed by atoms with Crippen LogP contribution in [0.15, 0.2) is 65.5 Å². The fourth-order valence-corrected chi connectivity index (χ4v) is 4.47. The monoisotopic (exact) mass is 381 g/mol. The summed E-state index contributed by atoms with van der Waals surface area (Å²) in [5.74, 6) is 1.61. The second-order valence-electron chi connectivity index (χ2n) is 6.11. The Kier molecular flexibility index (Phi) is 4.61. The third-order valence-electron chi connectivity index (χ3n) is 4.01. The molecule has 2 aromatic carbocycles. The van der Waals surface area contributed by atoms with Gasteiger partial charge < -0.3 is 15.4 Å². The number of rotatable bonds is 5. The molecule has 6 heteroatoms. The number of thiazole rings is 1. The standard InChI is InChI=1S/C20H19N3OS2/c1-14-19(25-13-21-14)17-12-26-20(2,23-17)22-16-10-6-7-11-18(16)24-15-8-4-3-5-9-15/h3-13,22-23H,1-2H3. The van der Waals surface area contributed by atoms with Crippen molar-refractivity contribution < 1.29 is 4.74 Å². The maximum Gasteiger partial charge on any atom is 0.158 e. The first-order chi connectivity index (χ1) is 12.6. The summed E-state index contributed by atoms with van der Waals surface area (Å²) in [5.41, 5.74) is 4.97. The van der Waals surface area contributed by atoms with Crippen molar-refractivity contribution in [2.24, 2.45) is 0 Å². The molecule has 0 radical (unpaired) electrons. The van der Waals surface area contributed by atoms with E-state index >= 15 is 0 Å². The number of para-hydroxylation sites is 3.